The number of ether oxygens (including phenoxy) is 8. The van der Waals surface area contributed by atoms with Gasteiger partial charge in [0.1, 0.15) is 34.9 Å². The topological polar surface area (TPSA) is 231 Å². The molecule has 1 aliphatic rings. The highest BCUT2D eigenvalue weighted by Crippen LogP contribution is 2.39. The van der Waals surface area contributed by atoms with Gasteiger partial charge in [0.25, 0.3) is 0 Å². The zero-order chi connectivity index (χ0) is 43.5. The van der Waals surface area contributed by atoms with Crippen molar-refractivity contribution in [1.82, 2.24) is 29.9 Å². The second-order valence-electron chi connectivity index (χ2n) is 14.3. The molecule has 5 rings (SSSR count). The maximum Gasteiger partial charge on any atom is 0.222 e. The fraction of sp³-hybridized carbons (Fsp3) is 0.651. The number of nitrogens with zero attached hydrogens (tertiary/aromatic N) is 4. The van der Waals surface area contributed by atoms with Gasteiger partial charge in [-0.3, -0.25) is 9.59 Å². The number of aromatic nitrogens is 5. The normalized spacial score (nSPS) is 15.2. The first kappa shape index (κ1) is 49.4. The van der Waals surface area contributed by atoms with Gasteiger partial charge in [-0.2, -0.15) is 5.10 Å². The molecular weight excluding hydrogens is 789 g/mol. The van der Waals surface area contributed by atoms with Crippen LogP contribution in [0.5, 0.6) is 5.75 Å². The molecule has 1 aromatic carbocycles. The molecular formula is C43H68N8O10. The zero-order valence-corrected chi connectivity index (χ0v) is 36.3. The molecule has 18 nitrogen and oxygen atoms in total. The number of aromatic amines is 1. The lowest BCUT2D eigenvalue weighted by molar-refractivity contribution is -0.124. The molecule has 1 aliphatic carbocycles. The van der Waals surface area contributed by atoms with Gasteiger partial charge in [-0.15, -0.1) is 0 Å². The smallest absolute Gasteiger partial charge is 0.222 e. The maximum atomic E-state index is 12.8. The second-order valence-corrected chi connectivity index (χ2v) is 14.3. The Morgan fingerprint density at radius 2 is 1.44 bits per heavy atom. The fourth-order valence-corrected chi connectivity index (χ4v) is 6.96. The molecule has 4 aromatic rings. The summed E-state index contributed by atoms with van der Waals surface area (Å²) in [7, 11) is 1.66. The Hall–Kier alpha value is -4.27. The number of imidazole rings is 1. The molecule has 0 aliphatic heterocycles. The number of Topliss-reactive ketones (excluding diaryl/α,β-unsaturated/α-hetero) is 1. The lowest BCUT2D eigenvalue weighted by Crippen LogP contribution is -2.24. The number of nitrogens with one attached hydrogen (secondary N) is 2. The van der Waals surface area contributed by atoms with Gasteiger partial charge >= 0.3 is 0 Å². The number of carbonyl (C=O) groups excluding carboxylic acids is 2. The van der Waals surface area contributed by atoms with Crippen molar-refractivity contribution in [3.8, 4) is 17.1 Å². The molecule has 3 heterocycles. The van der Waals surface area contributed by atoms with Gasteiger partial charge < -0.3 is 59.7 Å². The predicted octanol–water partition coefficient (Wildman–Crippen LogP) is 4.09. The summed E-state index contributed by atoms with van der Waals surface area (Å²) in [6, 6.07) is 7.96. The molecule has 1 amide bonds. The third kappa shape index (κ3) is 16.8. The van der Waals surface area contributed by atoms with Crippen molar-refractivity contribution in [2.45, 2.75) is 64.7 Å². The molecule has 1 saturated carbocycles. The summed E-state index contributed by atoms with van der Waals surface area (Å²) in [6.07, 6.45) is 6.63. The van der Waals surface area contributed by atoms with E-state index in [0.29, 0.717) is 136 Å². The number of nitrogens with two attached hydrogens (primary N) is 2. The number of carbonyl (C=O) groups is 2. The van der Waals surface area contributed by atoms with Gasteiger partial charge in [0.05, 0.1) is 97.6 Å². The summed E-state index contributed by atoms with van der Waals surface area (Å²) in [5.41, 5.74) is 14.8. The van der Waals surface area contributed by atoms with E-state index >= 15 is 0 Å². The molecule has 61 heavy (non-hydrogen) atoms. The molecule has 0 saturated heterocycles. The Morgan fingerprint density at radius 1 is 0.820 bits per heavy atom. The van der Waals surface area contributed by atoms with E-state index in [1.165, 1.54) is 6.33 Å². The van der Waals surface area contributed by atoms with Crippen LogP contribution >= 0.6 is 0 Å². The highest BCUT2D eigenvalue weighted by atomic mass is 16.6. The Labute approximate surface area is 359 Å². The van der Waals surface area contributed by atoms with Crippen LogP contribution in [-0.2, 0) is 42.7 Å². The molecule has 1 fully saturated rings. The Bertz CT molecular complexity index is 1830. The van der Waals surface area contributed by atoms with Crippen molar-refractivity contribution in [3.63, 3.8) is 0 Å². The molecule has 0 spiro atoms. The van der Waals surface area contributed by atoms with Crippen molar-refractivity contribution in [3.05, 3.63) is 36.4 Å². The average molecular weight is 857 g/mol. The first-order chi connectivity index (χ1) is 29.9. The Morgan fingerprint density at radius 3 is 2.07 bits per heavy atom. The Kier molecular flexibility index (Phi) is 23.6. The molecule has 340 valence electrons. The monoisotopic (exact) mass is 857 g/mol. The number of benzene rings is 1. The quantitative estimate of drug-likeness (QED) is 0.0541. The molecule has 0 bridgehead atoms. The van der Waals surface area contributed by atoms with Crippen LogP contribution in [0.25, 0.3) is 27.8 Å². The molecule has 6 N–H and O–H groups in total. The van der Waals surface area contributed by atoms with Crippen LogP contribution in [0, 0.1) is 5.92 Å². The molecule has 0 radical (unpaired) electrons. The third-order valence-corrected chi connectivity index (χ3v) is 10.0. The van der Waals surface area contributed by atoms with Crippen molar-refractivity contribution in [2.75, 3.05) is 118 Å². The van der Waals surface area contributed by atoms with Crippen LogP contribution < -0.4 is 21.5 Å². The van der Waals surface area contributed by atoms with Gasteiger partial charge in [-0.25, -0.2) is 14.5 Å². The summed E-state index contributed by atoms with van der Waals surface area (Å²) in [6.45, 7) is 12.6. The zero-order valence-electron chi connectivity index (χ0n) is 36.3. The number of H-pyrrole nitrogens is 1. The van der Waals surface area contributed by atoms with Crippen LogP contribution in [0.4, 0.5) is 5.82 Å². The van der Waals surface area contributed by atoms with Gasteiger partial charge in [0, 0.05) is 56.4 Å². The van der Waals surface area contributed by atoms with E-state index in [2.05, 4.69) is 20.4 Å². The number of amides is 1. The summed E-state index contributed by atoms with van der Waals surface area (Å²) in [4.78, 5) is 36.7. The van der Waals surface area contributed by atoms with Crippen LogP contribution in [0.15, 0.2) is 30.6 Å². The van der Waals surface area contributed by atoms with Crippen LogP contribution in [0.2, 0.25) is 0 Å². The van der Waals surface area contributed by atoms with E-state index < -0.39 is 0 Å². The summed E-state index contributed by atoms with van der Waals surface area (Å²) in [5, 5.41) is 8.25. The number of para-hydroxylation sites is 1. The minimum absolute atomic E-state index is 0.00924. The van der Waals surface area contributed by atoms with E-state index in [1.54, 1.807) is 7.11 Å². The van der Waals surface area contributed by atoms with Crippen LogP contribution in [0.3, 0.4) is 0 Å². The van der Waals surface area contributed by atoms with Gasteiger partial charge in [-0.1, -0.05) is 12.1 Å². The fourth-order valence-electron chi connectivity index (χ4n) is 6.96. The first-order valence-corrected chi connectivity index (χ1v) is 21.6. The SMILES string of the molecule is CCNC(=O)CCOCCOCCOCCOCCOCCN.CCOCCOCCCC(=O)C1CCC(c2nc(-c3cc4cccc(OC)c4[nH]3)c3c(N)ncnn23)CC1. The van der Waals surface area contributed by atoms with Gasteiger partial charge in [0.15, 0.2) is 5.82 Å². The number of ketones is 1. The predicted molar refractivity (Wildman–Crippen MR) is 232 cm³/mol. The van der Waals surface area contributed by atoms with Crippen molar-refractivity contribution in [2.24, 2.45) is 11.7 Å². The third-order valence-electron chi connectivity index (χ3n) is 10.0. The van der Waals surface area contributed by atoms with E-state index in [-0.39, 0.29) is 17.7 Å². The molecule has 0 atom stereocenters. The Balaban J connectivity index is 0.000000308. The minimum atomic E-state index is 0.00924. The van der Waals surface area contributed by atoms with E-state index in [0.717, 1.165) is 66.0 Å². The van der Waals surface area contributed by atoms with Crippen molar-refractivity contribution < 1.29 is 47.5 Å². The highest BCUT2D eigenvalue weighted by Gasteiger charge is 2.31. The van der Waals surface area contributed by atoms with E-state index in [1.807, 2.05) is 42.6 Å². The van der Waals surface area contributed by atoms with Gasteiger partial charge in [0.2, 0.25) is 5.91 Å². The number of hydrogen-bond acceptors (Lipinski definition) is 15. The first-order valence-electron chi connectivity index (χ1n) is 21.6. The number of hydrogen-bond donors (Lipinski definition) is 4. The standard InChI is InChI=1S/C28H36N6O4.C15H32N2O6/c1-3-37-14-15-38-13-5-7-22(35)18-9-11-19(12-10-18)28-33-25(26-27(29)30-17-31-34(26)28)21-16-20-6-4-8-23(36-2)24(20)32-21;1-2-17-15(18)3-5-19-7-9-21-11-13-23-14-12-22-10-8-20-6-4-16/h4,6,8,16-19,32H,3,5,7,9-15H2,1-2H3,(H2,29,30,31);2-14,16H2,1H3,(H,17,18). The summed E-state index contributed by atoms with van der Waals surface area (Å²) < 4.78 is 44.6. The number of nitrogen functional groups attached to an aromatic ring is 1. The number of methoxy groups -OCH3 is 1. The summed E-state index contributed by atoms with van der Waals surface area (Å²) >= 11 is 0. The molecule has 3 aromatic heterocycles. The number of fused-ring (bicyclic) bond motifs is 2. The number of rotatable bonds is 30. The lowest BCUT2D eigenvalue weighted by atomic mass is 9.79. The van der Waals surface area contributed by atoms with Crippen molar-refractivity contribution in [1.29, 1.82) is 0 Å². The van der Waals surface area contributed by atoms with Crippen molar-refractivity contribution >= 4 is 33.9 Å². The largest absolute Gasteiger partial charge is 0.495 e. The van der Waals surface area contributed by atoms with Crippen LogP contribution in [-0.4, -0.2) is 149 Å². The average Bonchev–Trinajstić information content (AvgIpc) is 3.89. The van der Waals surface area contributed by atoms with E-state index in [4.69, 9.17) is 54.3 Å². The minimum Gasteiger partial charge on any atom is -0.495 e. The second kappa shape index (κ2) is 29.1. The van der Waals surface area contributed by atoms with E-state index in [9.17, 15) is 9.59 Å². The van der Waals surface area contributed by atoms with Gasteiger partial charge in [-0.05, 0) is 58.1 Å². The maximum absolute atomic E-state index is 12.8. The number of anilines is 1. The molecule has 0 unspecified atom stereocenters. The highest BCUT2D eigenvalue weighted by molar-refractivity contribution is 5.93. The van der Waals surface area contributed by atoms with Crippen LogP contribution in [0.1, 0.15) is 70.5 Å². The molecule has 18 heteroatoms. The lowest BCUT2D eigenvalue weighted by Gasteiger charge is -2.26. The summed E-state index contributed by atoms with van der Waals surface area (Å²) in [5.74, 6) is 2.65.